The molecule has 0 aliphatic rings. The summed E-state index contributed by atoms with van der Waals surface area (Å²) in [4.78, 5) is 0. The van der Waals surface area contributed by atoms with Crippen molar-refractivity contribution in [1.82, 2.24) is 0 Å². The molecule has 2 aromatic rings. The Morgan fingerprint density at radius 1 is 1.00 bits per heavy atom. The molecule has 0 bridgehead atoms. The standard InChI is InChI=1S/C13H16Br2OS2Si/c1-3-9-19(16-4-2,12-7-5-10(14)17-12)13-8-6-11(15)18-13/h5-8H,3-4,9H2,1-2H3. The van der Waals surface area contributed by atoms with Gasteiger partial charge in [-0.2, -0.15) is 0 Å². The molecule has 0 aromatic carbocycles. The Morgan fingerprint density at radius 3 is 1.84 bits per heavy atom. The maximum absolute atomic E-state index is 6.39. The second-order valence-corrected chi connectivity index (χ2v) is 13.4. The van der Waals surface area contributed by atoms with Crippen LogP contribution >= 0.6 is 54.5 Å². The molecule has 1 nitrogen and oxygen atoms in total. The molecule has 0 saturated heterocycles. The molecule has 6 heteroatoms. The van der Waals surface area contributed by atoms with E-state index in [0.29, 0.717) is 0 Å². The smallest absolute Gasteiger partial charge is 0.275 e. The van der Waals surface area contributed by atoms with Crippen molar-refractivity contribution in [1.29, 1.82) is 0 Å². The van der Waals surface area contributed by atoms with Crippen molar-refractivity contribution in [2.45, 2.75) is 26.3 Å². The fourth-order valence-corrected chi connectivity index (χ4v) is 12.3. The summed E-state index contributed by atoms with van der Waals surface area (Å²) < 4.78 is 11.6. The molecule has 0 aliphatic heterocycles. The van der Waals surface area contributed by atoms with Crippen molar-refractivity contribution in [2.75, 3.05) is 6.61 Å². The molecule has 19 heavy (non-hydrogen) atoms. The van der Waals surface area contributed by atoms with Gasteiger partial charge in [-0.25, -0.2) is 0 Å². The van der Waals surface area contributed by atoms with E-state index in [1.165, 1.54) is 16.6 Å². The van der Waals surface area contributed by atoms with Gasteiger partial charge in [-0.05, 0) is 69.1 Å². The second-order valence-electron chi connectivity index (χ2n) is 4.22. The van der Waals surface area contributed by atoms with E-state index >= 15 is 0 Å². The van der Waals surface area contributed by atoms with Crippen molar-refractivity contribution in [3.05, 3.63) is 31.8 Å². The minimum Gasteiger partial charge on any atom is -0.407 e. The third-order valence-electron chi connectivity index (χ3n) is 2.94. The van der Waals surface area contributed by atoms with Crippen LogP contribution in [0.3, 0.4) is 0 Å². The van der Waals surface area contributed by atoms with Crippen LogP contribution in [-0.2, 0) is 4.43 Å². The molecular formula is C13H16Br2OS2Si. The zero-order valence-corrected chi connectivity index (χ0v) is 16.7. The molecule has 0 spiro atoms. The van der Waals surface area contributed by atoms with Crippen LogP contribution in [0.1, 0.15) is 20.3 Å². The zero-order valence-electron chi connectivity index (χ0n) is 10.9. The van der Waals surface area contributed by atoms with Crippen molar-refractivity contribution >= 4 is 71.9 Å². The Hall–Kier alpha value is 0.537. The van der Waals surface area contributed by atoms with Gasteiger partial charge in [-0.1, -0.05) is 13.3 Å². The van der Waals surface area contributed by atoms with E-state index in [1.54, 1.807) is 0 Å². The lowest BCUT2D eigenvalue weighted by Crippen LogP contribution is -2.58. The maximum Gasteiger partial charge on any atom is 0.275 e. The molecule has 0 unspecified atom stereocenters. The van der Waals surface area contributed by atoms with Gasteiger partial charge < -0.3 is 4.43 Å². The van der Waals surface area contributed by atoms with Gasteiger partial charge in [-0.3, -0.25) is 0 Å². The lowest BCUT2D eigenvalue weighted by molar-refractivity contribution is 0.339. The summed E-state index contributed by atoms with van der Waals surface area (Å²) in [6, 6.07) is 9.89. The van der Waals surface area contributed by atoms with Gasteiger partial charge in [0.15, 0.2) is 0 Å². The predicted molar refractivity (Wildman–Crippen MR) is 95.8 cm³/mol. The quantitative estimate of drug-likeness (QED) is 0.585. The average Bonchev–Trinajstić information content (AvgIpc) is 2.98. The van der Waals surface area contributed by atoms with Gasteiger partial charge in [0, 0.05) is 15.6 Å². The number of thiophene rings is 2. The van der Waals surface area contributed by atoms with Crippen LogP contribution in [0.2, 0.25) is 6.04 Å². The maximum atomic E-state index is 6.39. The predicted octanol–water partition coefficient (Wildman–Crippen LogP) is 4.84. The van der Waals surface area contributed by atoms with Gasteiger partial charge in [0.05, 0.1) is 7.57 Å². The molecule has 2 rings (SSSR count). The van der Waals surface area contributed by atoms with Gasteiger partial charge in [0.1, 0.15) is 0 Å². The van der Waals surface area contributed by atoms with E-state index in [0.717, 1.165) is 19.1 Å². The van der Waals surface area contributed by atoms with Crippen LogP contribution in [0.25, 0.3) is 0 Å². The zero-order chi connectivity index (χ0) is 13.9. The Bertz CT molecular complexity index is 490. The summed E-state index contributed by atoms with van der Waals surface area (Å²) in [5, 5.41) is 0. The summed E-state index contributed by atoms with van der Waals surface area (Å²) in [7, 11) is -2.03. The Morgan fingerprint density at radius 2 is 1.53 bits per heavy atom. The molecule has 0 aliphatic carbocycles. The van der Waals surface area contributed by atoms with Gasteiger partial charge in [0.2, 0.25) is 0 Å². The third-order valence-corrected chi connectivity index (χ3v) is 12.3. The molecule has 0 amide bonds. The van der Waals surface area contributed by atoms with Crippen LogP contribution in [0.5, 0.6) is 0 Å². The molecule has 0 atom stereocenters. The number of hydrogen-bond donors (Lipinski definition) is 0. The summed E-state index contributed by atoms with van der Waals surface area (Å²) in [6.07, 6.45) is 1.15. The van der Waals surface area contributed by atoms with Crippen molar-refractivity contribution in [3.63, 3.8) is 0 Å². The average molecular weight is 440 g/mol. The number of hydrogen-bond acceptors (Lipinski definition) is 3. The molecule has 0 fully saturated rings. The first-order valence-corrected chi connectivity index (χ1v) is 11.6. The monoisotopic (exact) mass is 438 g/mol. The Balaban J connectivity index is 2.52. The van der Waals surface area contributed by atoms with E-state index in [1.807, 2.05) is 22.7 Å². The van der Waals surface area contributed by atoms with Gasteiger partial charge >= 0.3 is 0 Å². The highest BCUT2D eigenvalue weighted by atomic mass is 79.9. The Kier molecular flexibility index (Phi) is 5.86. The van der Waals surface area contributed by atoms with E-state index in [2.05, 4.69) is 70.0 Å². The molecule has 2 heterocycles. The van der Waals surface area contributed by atoms with E-state index in [4.69, 9.17) is 4.43 Å². The fourth-order valence-electron chi connectivity index (χ4n) is 2.24. The summed E-state index contributed by atoms with van der Waals surface area (Å²) in [6.45, 7) is 5.12. The normalized spacial score (nSPS) is 12.0. The van der Waals surface area contributed by atoms with Crippen LogP contribution in [-0.4, -0.2) is 14.9 Å². The van der Waals surface area contributed by atoms with Crippen LogP contribution in [0, 0.1) is 0 Å². The Labute approximate surface area is 140 Å². The summed E-state index contributed by atoms with van der Waals surface area (Å²) in [5.41, 5.74) is 0. The number of halogens is 2. The molecule has 0 saturated carbocycles. The van der Waals surface area contributed by atoms with E-state index in [9.17, 15) is 0 Å². The third kappa shape index (κ3) is 3.41. The molecular weight excluding hydrogens is 424 g/mol. The SMILES string of the molecule is CCC[Si](OCC)(c1ccc(Br)s1)c1ccc(Br)s1. The first-order valence-electron chi connectivity index (χ1n) is 6.28. The lowest BCUT2D eigenvalue weighted by atomic mass is 10.6. The highest BCUT2D eigenvalue weighted by molar-refractivity contribution is 9.11. The molecule has 0 N–H and O–H groups in total. The fraction of sp³-hybridized carbons (Fsp3) is 0.385. The van der Waals surface area contributed by atoms with Crippen molar-refractivity contribution in [2.24, 2.45) is 0 Å². The highest BCUT2D eigenvalue weighted by Gasteiger charge is 2.41. The topological polar surface area (TPSA) is 9.23 Å². The first kappa shape index (κ1) is 15.9. The van der Waals surface area contributed by atoms with Crippen LogP contribution < -0.4 is 9.00 Å². The first-order chi connectivity index (χ1) is 9.12. The van der Waals surface area contributed by atoms with Crippen molar-refractivity contribution < 1.29 is 4.43 Å². The second kappa shape index (κ2) is 7.00. The largest absolute Gasteiger partial charge is 0.407 e. The molecule has 104 valence electrons. The van der Waals surface area contributed by atoms with Crippen LogP contribution in [0.4, 0.5) is 0 Å². The highest BCUT2D eigenvalue weighted by Crippen LogP contribution is 2.26. The lowest BCUT2D eigenvalue weighted by Gasteiger charge is -2.28. The van der Waals surface area contributed by atoms with Gasteiger partial charge in [0.25, 0.3) is 8.32 Å². The minimum atomic E-state index is -2.03. The van der Waals surface area contributed by atoms with Crippen molar-refractivity contribution in [3.8, 4) is 0 Å². The van der Waals surface area contributed by atoms with E-state index in [-0.39, 0.29) is 0 Å². The summed E-state index contributed by atoms with van der Waals surface area (Å²) in [5.74, 6) is 0. The van der Waals surface area contributed by atoms with Gasteiger partial charge in [-0.15, -0.1) is 22.7 Å². The summed E-state index contributed by atoms with van der Waals surface area (Å²) >= 11 is 10.8. The van der Waals surface area contributed by atoms with E-state index < -0.39 is 8.32 Å². The minimum absolute atomic E-state index is 0.775. The number of rotatable bonds is 6. The molecule has 0 radical (unpaired) electrons. The molecule has 2 aromatic heterocycles. The van der Waals surface area contributed by atoms with Crippen LogP contribution in [0.15, 0.2) is 31.8 Å².